The number of hydrogen-bond donors (Lipinski definition) is 4. The molecule has 4 aliphatic heterocycles. The summed E-state index contributed by atoms with van der Waals surface area (Å²) in [6.07, 6.45) is 10.2. The third-order valence-corrected chi connectivity index (χ3v) is 12.1. The number of piperidine rings is 3. The average Bonchev–Trinajstić information content (AvgIpc) is 3.68. The van der Waals surface area contributed by atoms with Gasteiger partial charge in [-0.25, -0.2) is 19.6 Å². The monoisotopic (exact) mass is 783 g/mol. The number of fused-ring (bicyclic) bond motifs is 2. The van der Waals surface area contributed by atoms with E-state index in [1.54, 1.807) is 6.20 Å². The Morgan fingerprint density at radius 2 is 1.78 bits per heavy atom. The summed E-state index contributed by atoms with van der Waals surface area (Å²) in [5, 5.41) is 18.0. The van der Waals surface area contributed by atoms with Gasteiger partial charge < -0.3 is 25.6 Å². The molecule has 15 nitrogen and oxygen atoms in total. The van der Waals surface area contributed by atoms with Crippen molar-refractivity contribution in [3.8, 4) is 17.0 Å². The van der Waals surface area contributed by atoms with Gasteiger partial charge in [0, 0.05) is 67.7 Å². The number of pyridine rings is 1. The zero-order chi connectivity index (χ0) is 39.6. The summed E-state index contributed by atoms with van der Waals surface area (Å²) >= 11 is 0. The molecular formula is C43H49N11O4. The van der Waals surface area contributed by atoms with Crippen molar-refractivity contribution in [2.24, 2.45) is 5.92 Å². The minimum Gasteiger partial charge on any atom is -0.474 e. The Morgan fingerprint density at radius 3 is 2.59 bits per heavy atom. The second-order valence-electron chi connectivity index (χ2n) is 15.9. The van der Waals surface area contributed by atoms with Gasteiger partial charge in [0.15, 0.2) is 0 Å². The molecule has 0 aliphatic carbocycles. The predicted molar refractivity (Wildman–Crippen MR) is 221 cm³/mol. The zero-order valence-electron chi connectivity index (χ0n) is 32.7. The van der Waals surface area contributed by atoms with E-state index in [-0.39, 0.29) is 17.7 Å². The first-order chi connectivity index (χ1) is 28.3. The lowest BCUT2D eigenvalue weighted by Crippen LogP contribution is -2.47. The van der Waals surface area contributed by atoms with Crippen LogP contribution >= 0.6 is 0 Å². The van der Waals surface area contributed by atoms with Crippen LogP contribution in [0.5, 0.6) is 5.88 Å². The third kappa shape index (κ3) is 8.17. The van der Waals surface area contributed by atoms with Crippen molar-refractivity contribution in [1.29, 1.82) is 0 Å². The third-order valence-electron chi connectivity index (χ3n) is 12.1. The van der Waals surface area contributed by atoms with Crippen LogP contribution in [0.4, 0.5) is 23.1 Å². The molecule has 4 aliphatic rings. The van der Waals surface area contributed by atoms with Crippen LogP contribution in [0.3, 0.4) is 0 Å². The molecule has 1 atom stereocenters. The van der Waals surface area contributed by atoms with Crippen LogP contribution in [0.2, 0.25) is 0 Å². The number of aromatic nitrogens is 5. The maximum Gasteiger partial charge on any atom is 0.249 e. The highest BCUT2D eigenvalue weighted by Crippen LogP contribution is 2.36. The van der Waals surface area contributed by atoms with E-state index in [0.29, 0.717) is 49.7 Å². The Balaban J connectivity index is 0.739. The molecule has 1 unspecified atom stereocenters. The van der Waals surface area contributed by atoms with E-state index in [4.69, 9.17) is 9.72 Å². The zero-order valence-corrected chi connectivity index (χ0v) is 32.7. The van der Waals surface area contributed by atoms with Crippen molar-refractivity contribution in [1.82, 2.24) is 39.8 Å². The van der Waals surface area contributed by atoms with Gasteiger partial charge in [-0.15, -0.1) is 0 Å². The van der Waals surface area contributed by atoms with Gasteiger partial charge in [-0.05, 0) is 98.8 Å². The maximum atomic E-state index is 13.4. The first kappa shape index (κ1) is 37.5. The second-order valence-corrected chi connectivity index (χ2v) is 15.9. The molecule has 2 aromatic carbocycles. The van der Waals surface area contributed by atoms with Crippen LogP contribution in [0.25, 0.3) is 22.0 Å². The van der Waals surface area contributed by atoms with Gasteiger partial charge in [0.05, 0.1) is 18.3 Å². The Labute approximate surface area is 337 Å². The summed E-state index contributed by atoms with van der Waals surface area (Å²) in [6, 6.07) is 16.0. The first-order valence-electron chi connectivity index (χ1n) is 20.5. The van der Waals surface area contributed by atoms with Gasteiger partial charge in [-0.3, -0.25) is 24.6 Å². The number of ether oxygens (including phenoxy) is 1. The number of imide groups is 1. The molecule has 3 aromatic heterocycles. The van der Waals surface area contributed by atoms with Crippen molar-refractivity contribution in [3.05, 3.63) is 78.2 Å². The molecule has 0 bridgehead atoms. The predicted octanol–water partition coefficient (Wildman–Crippen LogP) is 5.08. The van der Waals surface area contributed by atoms with Gasteiger partial charge in [0.1, 0.15) is 24.2 Å². The average molecular weight is 784 g/mol. The Kier molecular flexibility index (Phi) is 10.6. The Hall–Kier alpha value is -6.09. The smallest absolute Gasteiger partial charge is 0.249 e. The number of hydrogen-bond acceptors (Lipinski definition) is 12. The number of nitrogens with one attached hydrogen (secondary N) is 4. The fraction of sp³-hybridized carbons (Fsp3) is 0.419. The standard InChI is InChI=1S/C43H49N11O4/c1-27-34(24-45-42-40(27)44-16-21-58-42)31-2-3-32-23-46-43(49-36(32)22-31)50-37-10-15-47-54(37)25-28-11-19-53(20-12-28)39(56)26-52-17-13-30(14-18-52)29-4-6-33(7-5-29)48-35-8-9-38(55)51-41(35)57/h2-7,10,15,22-24,28,30,35,44,48H,8-9,11-14,16-21,25-26H2,1H3,(H,46,49,50)(H,51,55,57). The lowest BCUT2D eigenvalue weighted by Gasteiger charge is -2.36. The molecule has 9 rings (SSSR count). The van der Waals surface area contributed by atoms with Crippen molar-refractivity contribution in [2.75, 3.05) is 61.8 Å². The van der Waals surface area contributed by atoms with Crippen molar-refractivity contribution < 1.29 is 19.1 Å². The van der Waals surface area contributed by atoms with Crippen LogP contribution in [-0.2, 0) is 20.9 Å². The summed E-state index contributed by atoms with van der Waals surface area (Å²) < 4.78 is 7.70. The Bertz CT molecular complexity index is 2310. The highest BCUT2D eigenvalue weighted by molar-refractivity contribution is 6.01. The van der Waals surface area contributed by atoms with E-state index in [1.807, 2.05) is 46.2 Å². The minimum absolute atomic E-state index is 0.211. The number of amides is 3. The summed E-state index contributed by atoms with van der Waals surface area (Å²) in [5.74, 6) is 2.55. The number of anilines is 4. The highest BCUT2D eigenvalue weighted by Gasteiger charge is 2.29. The lowest BCUT2D eigenvalue weighted by atomic mass is 9.89. The largest absolute Gasteiger partial charge is 0.474 e. The summed E-state index contributed by atoms with van der Waals surface area (Å²) in [7, 11) is 0. The molecule has 15 heteroatoms. The highest BCUT2D eigenvalue weighted by atomic mass is 16.5. The van der Waals surface area contributed by atoms with Crippen LogP contribution in [0.15, 0.2) is 67.1 Å². The quantitative estimate of drug-likeness (QED) is 0.139. The normalized spacial score (nSPS) is 19.3. The number of carbonyl (C=O) groups is 3. The fourth-order valence-corrected chi connectivity index (χ4v) is 8.67. The molecule has 3 fully saturated rings. The first-order valence-corrected chi connectivity index (χ1v) is 20.5. The summed E-state index contributed by atoms with van der Waals surface area (Å²) in [6.45, 7) is 7.94. The van der Waals surface area contributed by atoms with Gasteiger partial charge in [0.2, 0.25) is 29.5 Å². The van der Waals surface area contributed by atoms with Gasteiger partial charge >= 0.3 is 0 Å². The lowest BCUT2D eigenvalue weighted by molar-refractivity contribution is -0.135. The Morgan fingerprint density at radius 1 is 0.948 bits per heavy atom. The molecule has 3 saturated heterocycles. The van der Waals surface area contributed by atoms with Gasteiger partial charge in [0.25, 0.3) is 0 Å². The number of benzene rings is 2. The molecule has 0 spiro atoms. The van der Waals surface area contributed by atoms with Gasteiger partial charge in [-0.2, -0.15) is 5.10 Å². The second kappa shape index (κ2) is 16.4. The van der Waals surface area contributed by atoms with E-state index in [9.17, 15) is 14.4 Å². The number of nitrogens with zero attached hydrogens (tertiary/aromatic N) is 7. The molecular weight excluding hydrogens is 735 g/mol. The summed E-state index contributed by atoms with van der Waals surface area (Å²) in [4.78, 5) is 55.3. The van der Waals surface area contributed by atoms with Crippen molar-refractivity contribution >= 4 is 51.8 Å². The van der Waals surface area contributed by atoms with E-state index in [0.717, 1.165) is 110 Å². The minimum atomic E-state index is -0.390. The maximum absolute atomic E-state index is 13.4. The van der Waals surface area contributed by atoms with E-state index < -0.39 is 6.04 Å². The van der Waals surface area contributed by atoms with E-state index in [2.05, 4.69) is 72.4 Å². The van der Waals surface area contributed by atoms with Crippen molar-refractivity contribution in [2.45, 2.75) is 64.0 Å². The molecule has 58 heavy (non-hydrogen) atoms. The number of carbonyl (C=O) groups excluding carboxylic acids is 3. The fourth-order valence-electron chi connectivity index (χ4n) is 8.67. The van der Waals surface area contributed by atoms with Gasteiger partial charge in [-0.1, -0.05) is 24.3 Å². The molecule has 5 aromatic rings. The van der Waals surface area contributed by atoms with Crippen LogP contribution in [0.1, 0.15) is 55.6 Å². The van der Waals surface area contributed by atoms with Crippen LogP contribution in [-0.4, -0.2) is 104 Å². The SMILES string of the molecule is Cc1c(-c2ccc3cnc(Nc4ccnn4CC4CCN(C(=O)CN5CCC(c6ccc(NC7CCC(=O)NC7=O)cc6)CC5)CC4)nc3c2)cnc2c1NCCO2. The molecule has 300 valence electrons. The molecule has 4 N–H and O–H groups in total. The van der Waals surface area contributed by atoms with Crippen molar-refractivity contribution in [3.63, 3.8) is 0 Å². The topological polar surface area (TPSA) is 172 Å². The number of rotatable bonds is 10. The molecule has 0 radical (unpaired) electrons. The van der Waals surface area contributed by atoms with Crippen LogP contribution < -0.4 is 26.0 Å². The molecule has 3 amide bonds. The molecule has 7 heterocycles. The summed E-state index contributed by atoms with van der Waals surface area (Å²) in [5.41, 5.74) is 7.07. The van der Waals surface area contributed by atoms with E-state index in [1.165, 1.54) is 5.56 Å². The van der Waals surface area contributed by atoms with Crippen LogP contribution in [0, 0.1) is 12.8 Å². The molecule has 0 saturated carbocycles. The van der Waals surface area contributed by atoms with E-state index >= 15 is 0 Å². The number of likely N-dealkylation sites (tertiary alicyclic amines) is 2.